The van der Waals surface area contributed by atoms with Gasteiger partial charge in [-0.1, -0.05) is 24.3 Å². The van der Waals surface area contributed by atoms with E-state index >= 15 is 0 Å². The van der Waals surface area contributed by atoms with Crippen LogP contribution < -0.4 is 9.63 Å². The van der Waals surface area contributed by atoms with Gasteiger partial charge < -0.3 is 10.1 Å². The SMILES string of the molecule is CN(C)c1ccc(/C=C\c2ccc3ccccc3[n+]2[O-])cc1. The van der Waals surface area contributed by atoms with Crippen LogP contribution in [0, 0.1) is 5.21 Å². The molecule has 3 nitrogen and oxygen atoms in total. The largest absolute Gasteiger partial charge is 0.618 e. The fourth-order valence-corrected chi connectivity index (χ4v) is 2.38. The van der Waals surface area contributed by atoms with Crippen molar-refractivity contribution in [2.45, 2.75) is 0 Å². The summed E-state index contributed by atoms with van der Waals surface area (Å²) in [6.07, 6.45) is 3.81. The van der Waals surface area contributed by atoms with Crippen LogP contribution in [0.2, 0.25) is 0 Å². The Morgan fingerprint density at radius 1 is 0.864 bits per heavy atom. The smallest absolute Gasteiger partial charge is 0.224 e. The lowest BCUT2D eigenvalue weighted by Crippen LogP contribution is -2.30. The van der Waals surface area contributed by atoms with Gasteiger partial charge in [0.1, 0.15) is 0 Å². The van der Waals surface area contributed by atoms with E-state index < -0.39 is 0 Å². The number of anilines is 1. The molecule has 0 saturated heterocycles. The summed E-state index contributed by atoms with van der Waals surface area (Å²) in [6, 6.07) is 19.6. The monoisotopic (exact) mass is 290 g/mol. The van der Waals surface area contributed by atoms with Crippen molar-refractivity contribution in [1.29, 1.82) is 0 Å². The molecule has 0 aliphatic carbocycles. The third-order valence-electron chi connectivity index (χ3n) is 3.68. The number of hydrogen-bond donors (Lipinski definition) is 0. The van der Waals surface area contributed by atoms with E-state index in [0.717, 1.165) is 21.4 Å². The highest BCUT2D eigenvalue weighted by Gasteiger charge is 2.06. The zero-order valence-corrected chi connectivity index (χ0v) is 12.7. The van der Waals surface area contributed by atoms with Gasteiger partial charge in [0.2, 0.25) is 11.2 Å². The molecule has 0 N–H and O–H groups in total. The number of pyridine rings is 1. The Morgan fingerprint density at radius 3 is 2.32 bits per heavy atom. The van der Waals surface area contributed by atoms with Gasteiger partial charge in [-0.3, -0.25) is 0 Å². The normalized spacial score (nSPS) is 11.2. The minimum absolute atomic E-state index is 0.635. The van der Waals surface area contributed by atoms with Gasteiger partial charge in [0, 0.05) is 43.4 Å². The molecule has 2 aromatic carbocycles. The highest BCUT2D eigenvalue weighted by molar-refractivity contribution is 5.77. The molecule has 110 valence electrons. The zero-order chi connectivity index (χ0) is 15.5. The molecule has 0 atom stereocenters. The van der Waals surface area contributed by atoms with Gasteiger partial charge in [0.25, 0.3) is 0 Å². The third-order valence-corrected chi connectivity index (χ3v) is 3.68. The van der Waals surface area contributed by atoms with Gasteiger partial charge in [-0.25, -0.2) is 0 Å². The van der Waals surface area contributed by atoms with Crippen LogP contribution in [-0.2, 0) is 0 Å². The molecule has 0 fully saturated rings. The second-order valence-electron chi connectivity index (χ2n) is 5.43. The molecule has 1 heterocycles. The highest BCUT2D eigenvalue weighted by Crippen LogP contribution is 2.15. The average molecular weight is 290 g/mol. The number of nitrogens with zero attached hydrogens (tertiary/aromatic N) is 2. The van der Waals surface area contributed by atoms with Crippen molar-refractivity contribution in [3.63, 3.8) is 0 Å². The Kier molecular flexibility index (Phi) is 3.79. The first kappa shape index (κ1) is 14.1. The summed E-state index contributed by atoms with van der Waals surface area (Å²) in [5, 5.41) is 13.3. The van der Waals surface area contributed by atoms with Gasteiger partial charge in [-0.2, -0.15) is 4.73 Å². The van der Waals surface area contributed by atoms with Crippen molar-refractivity contribution in [3.8, 4) is 0 Å². The summed E-state index contributed by atoms with van der Waals surface area (Å²) >= 11 is 0. The number of benzene rings is 2. The van der Waals surface area contributed by atoms with Crippen LogP contribution in [0.4, 0.5) is 5.69 Å². The minimum Gasteiger partial charge on any atom is -0.618 e. The Balaban J connectivity index is 1.90. The zero-order valence-electron chi connectivity index (χ0n) is 12.7. The van der Waals surface area contributed by atoms with Gasteiger partial charge in [-0.05, 0) is 35.9 Å². The van der Waals surface area contributed by atoms with Crippen molar-refractivity contribution in [3.05, 3.63) is 77.1 Å². The van der Waals surface area contributed by atoms with E-state index in [1.165, 1.54) is 0 Å². The standard InChI is InChI=1S/C19H18N2O/c1-20(2)17-11-7-15(8-12-17)9-13-18-14-10-16-5-3-4-6-19(16)21(18)22/h3-14H,1-2H3/b13-9-. The molecule has 0 spiro atoms. The number of hydrogen-bond acceptors (Lipinski definition) is 2. The molecule has 1 aromatic heterocycles. The highest BCUT2D eigenvalue weighted by atomic mass is 16.5. The van der Waals surface area contributed by atoms with Gasteiger partial charge in [0.05, 0.1) is 0 Å². The number of rotatable bonds is 3. The van der Waals surface area contributed by atoms with Crippen molar-refractivity contribution in [1.82, 2.24) is 0 Å². The molecule has 0 radical (unpaired) electrons. The molecular weight excluding hydrogens is 272 g/mol. The maximum atomic E-state index is 12.4. The van der Waals surface area contributed by atoms with Crippen LogP contribution in [0.3, 0.4) is 0 Å². The van der Waals surface area contributed by atoms with Gasteiger partial charge in [0.15, 0.2) is 0 Å². The van der Waals surface area contributed by atoms with Crippen LogP contribution in [0.1, 0.15) is 11.3 Å². The van der Waals surface area contributed by atoms with Crippen LogP contribution >= 0.6 is 0 Å². The second kappa shape index (κ2) is 5.90. The molecular formula is C19H18N2O. The van der Waals surface area contributed by atoms with E-state index in [9.17, 15) is 5.21 Å². The molecule has 0 aliphatic heterocycles. The lowest BCUT2D eigenvalue weighted by molar-refractivity contribution is -0.579. The van der Waals surface area contributed by atoms with E-state index in [1.807, 2.05) is 74.8 Å². The molecule has 0 bridgehead atoms. The molecule has 0 unspecified atom stereocenters. The van der Waals surface area contributed by atoms with Crippen molar-refractivity contribution < 1.29 is 4.73 Å². The molecule has 3 aromatic rings. The first-order chi connectivity index (χ1) is 10.6. The van der Waals surface area contributed by atoms with E-state index in [-0.39, 0.29) is 0 Å². The fourth-order valence-electron chi connectivity index (χ4n) is 2.38. The summed E-state index contributed by atoms with van der Waals surface area (Å²) in [5.41, 5.74) is 3.54. The van der Waals surface area contributed by atoms with Crippen molar-refractivity contribution in [2.24, 2.45) is 0 Å². The number of aromatic nitrogens is 1. The number of para-hydroxylation sites is 1. The molecule has 0 amide bonds. The lowest BCUT2D eigenvalue weighted by Gasteiger charge is -2.11. The Labute approximate surface area is 130 Å². The maximum absolute atomic E-state index is 12.4. The first-order valence-electron chi connectivity index (χ1n) is 7.22. The summed E-state index contributed by atoms with van der Waals surface area (Å²) in [6.45, 7) is 0. The summed E-state index contributed by atoms with van der Waals surface area (Å²) in [4.78, 5) is 2.06. The summed E-state index contributed by atoms with van der Waals surface area (Å²) in [5.74, 6) is 0. The second-order valence-corrected chi connectivity index (χ2v) is 5.43. The summed E-state index contributed by atoms with van der Waals surface area (Å²) < 4.78 is 0.972. The summed E-state index contributed by atoms with van der Waals surface area (Å²) in [7, 11) is 4.03. The van der Waals surface area contributed by atoms with Crippen molar-refractivity contribution >= 4 is 28.7 Å². The first-order valence-corrected chi connectivity index (χ1v) is 7.22. The number of fused-ring (bicyclic) bond motifs is 1. The molecule has 0 saturated carbocycles. The lowest BCUT2D eigenvalue weighted by atomic mass is 10.1. The van der Waals surface area contributed by atoms with E-state index in [1.54, 1.807) is 0 Å². The Bertz CT molecular complexity index is 820. The third kappa shape index (κ3) is 2.79. The molecule has 0 aliphatic rings. The van der Waals surface area contributed by atoms with Crippen LogP contribution in [0.15, 0.2) is 60.7 Å². The fraction of sp³-hybridized carbons (Fsp3) is 0.105. The van der Waals surface area contributed by atoms with Crippen LogP contribution in [-0.4, -0.2) is 14.1 Å². The Morgan fingerprint density at radius 2 is 1.59 bits per heavy atom. The molecule has 3 heteroatoms. The predicted octanol–water partition coefficient (Wildman–Crippen LogP) is 3.71. The van der Waals surface area contributed by atoms with Crippen molar-refractivity contribution in [2.75, 3.05) is 19.0 Å². The average Bonchev–Trinajstić information content (AvgIpc) is 2.55. The van der Waals surface area contributed by atoms with Gasteiger partial charge >= 0.3 is 0 Å². The van der Waals surface area contributed by atoms with Crippen LogP contribution in [0.25, 0.3) is 23.1 Å². The maximum Gasteiger partial charge on any atom is 0.224 e. The van der Waals surface area contributed by atoms with E-state index in [0.29, 0.717) is 11.2 Å². The van der Waals surface area contributed by atoms with Gasteiger partial charge in [-0.15, -0.1) is 0 Å². The van der Waals surface area contributed by atoms with Crippen LogP contribution in [0.5, 0.6) is 0 Å². The topological polar surface area (TPSA) is 30.2 Å². The van der Waals surface area contributed by atoms with E-state index in [4.69, 9.17) is 0 Å². The minimum atomic E-state index is 0.635. The Hall–Kier alpha value is -2.81. The van der Waals surface area contributed by atoms with E-state index in [2.05, 4.69) is 17.0 Å². The quantitative estimate of drug-likeness (QED) is 0.544. The predicted molar refractivity (Wildman–Crippen MR) is 92.6 cm³/mol. The molecule has 22 heavy (non-hydrogen) atoms. The molecule has 3 rings (SSSR count).